The Kier molecular flexibility index (Phi) is 10.0. The Morgan fingerprint density at radius 1 is 1.04 bits per heavy atom. The molecule has 0 aliphatic heterocycles. The van der Waals surface area contributed by atoms with Gasteiger partial charge in [0.05, 0.1) is 6.61 Å². The van der Waals surface area contributed by atoms with Crippen LogP contribution in [0.2, 0.25) is 0 Å². The van der Waals surface area contributed by atoms with Gasteiger partial charge in [0.2, 0.25) is 0 Å². The molecule has 0 spiro atoms. The average molecular weight is 366 g/mol. The maximum Gasteiger partial charge on any atom is 0.119 e. The molecule has 2 aromatic rings. The zero-order valence-corrected chi connectivity index (χ0v) is 15.5. The molecule has 25 heavy (non-hydrogen) atoms. The number of aryl methyl sites for hydroxylation is 1. The van der Waals surface area contributed by atoms with Crippen LogP contribution in [0.4, 0.5) is 5.69 Å². The van der Waals surface area contributed by atoms with E-state index in [0.29, 0.717) is 13.1 Å². The van der Waals surface area contributed by atoms with E-state index in [9.17, 15) is 10.2 Å². The van der Waals surface area contributed by atoms with Crippen LogP contribution < -0.4 is 9.64 Å². The Hall–Kier alpha value is -1.75. The van der Waals surface area contributed by atoms with Gasteiger partial charge >= 0.3 is 0 Å². The van der Waals surface area contributed by atoms with Gasteiger partial charge in [0.1, 0.15) is 18.5 Å². The van der Waals surface area contributed by atoms with E-state index >= 15 is 0 Å². The summed E-state index contributed by atoms with van der Waals surface area (Å²) in [5.41, 5.74) is 2.28. The van der Waals surface area contributed by atoms with Gasteiger partial charge in [-0.15, -0.1) is 12.4 Å². The van der Waals surface area contributed by atoms with Gasteiger partial charge in [-0.25, -0.2) is 0 Å². The molecule has 2 aromatic carbocycles. The van der Waals surface area contributed by atoms with Crippen LogP contribution in [0.5, 0.6) is 5.75 Å². The average Bonchev–Trinajstić information content (AvgIpc) is 2.62. The highest BCUT2D eigenvalue weighted by Gasteiger charge is 2.13. The standard InChI is InChI=1S/C20H27NO3.ClH/c1-2-6-17-9-11-20(12-10-17)24-16-19(23)15-21(13-14-22)18-7-4-3-5-8-18;/h3-5,7-12,19,22-23H,2,6,13-16H2,1H3;1H. The van der Waals surface area contributed by atoms with Gasteiger partial charge in [0.15, 0.2) is 0 Å². The van der Waals surface area contributed by atoms with Gasteiger partial charge in [0.25, 0.3) is 0 Å². The number of nitrogens with zero attached hydrogens (tertiary/aromatic N) is 1. The van der Waals surface area contributed by atoms with Crippen LogP contribution >= 0.6 is 12.4 Å². The third-order valence-corrected chi connectivity index (χ3v) is 3.83. The van der Waals surface area contributed by atoms with Crippen molar-refractivity contribution in [1.82, 2.24) is 0 Å². The lowest BCUT2D eigenvalue weighted by Gasteiger charge is -2.26. The predicted molar refractivity (Wildman–Crippen MR) is 105 cm³/mol. The lowest BCUT2D eigenvalue weighted by Crippen LogP contribution is -2.37. The molecule has 4 nitrogen and oxygen atoms in total. The van der Waals surface area contributed by atoms with Crippen LogP contribution in [0.1, 0.15) is 18.9 Å². The minimum Gasteiger partial charge on any atom is -0.491 e. The number of halogens is 1. The summed E-state index contributed by atoms with van der Waals surface area (Å²) >= 11 is 0. The van der Waals surface area contributed by atoms with Crippen molar-refractivity contribution in [2.45, 2.75) is 25.9 Å². The molecule has 0 aliphatic rings. The van der Waals surface area contributed by atoms with Crippen molar-refractivity contribution in [1.29, 1.82) is 0 Å². The molecule has 0 aliphatic carbocycles. The van der Waals surface area contributed by atoms with Crippen LogP contribution in [0.25, 0.3) is 0 Å². The molecule has 0 bridgehead atoms. The lowest BCUT2D eigenvalue weighted by molar-refractivity contribution is 0.111. The van der Waals surface area contributed by atoms with E-state index in [2.05, 4.69) is 19.1 Å². The van der Waals surface area contributed by atoms with Crippen molar-refractivity contribution in [2.75, 3.05) is 31.2 Å². The molecule has 138 valence electrons. The van der Waals surface area contributed by atoms with Crippen LogP contribution in [0.15, 0.2) is 54.6 Å². The maximum absolute atomic E-state index is 10.3. The molecule has 1 atom stereocenters. The van der Waals surface area contributed by atoms with Gasteiger partial charge in [-0.3, -0.25) is 0 Å². The third-order valence-electron chi connectivity index (χ3n) is 3.83. The third kappa shape index (κ3) is 7.34. The van der Waals surface area contributed by atoms with Crippen LogP contribution in [-0.4, -0.2) is 42.6 Å². The second-order valence-electron chi connectivity index (χ2n) is 5.86. The van der Waals surface area contributed by atoms with E-state index in [1.54, 1.807) is 0 Å². The van der Waals surface area contributed by atoms with E-state index in [1.807, 2.05) is 47.4 Å². The van der Waals surface area contributed by atoms with Crippen molar-refractivity contribution >= 4 is 18.1 Å². The first-order valence-corrected chi connectivity index (χ1v) is 8.53. The Bertz CT molecular complexity index is 577. The number of hydrogen-bond donors (Lipinski definition) is 2. The minimum atomic E-state index is -0.632. The predicted octanol–water partition coefficient (Wildman–Crippen LogP) is 3.30. The number of aliphatic hydroxyl groups is 2. The summed E-state index contributed by atoms with van der Waals surface area (Å²) in [5, 5.41) is 19.5. The molecule has 0 amide bonds. The largest absolute Gasteiger partial charge is 0.491 e. The zero-order chi connectivity index (χ0) is 17.2. The van der Waals surface area contributed by atoms with Crippen molar-refractivity contribution in [3.8, 4) is 5.75 Å². The topological polar surface area (TPSA) is 52.9 Å². The summed E-state index contributed by atoms with van der Waals surface area (Å²) in [6.45, 7) is 3.32. The van der Waals surface area contributed by atoms with Gasteiger partial charge in [-0.2, -0.15) is 0 Å². The highest BCUT2D eigenvalue weighted by atomic mass is 35.5. The Morgan fingerprint density at radius 3 is 2.32 bits per heavy atom. The van der Waals surface area contributed by atoms with E-state index in [1.165, 1.54) is 5.56 Å². The molecule has 0 saturated heterocycles. The molecular weight excluding hydrogens is 338 g/mol. The number of aliphatic hydroxyl groups excluding tert-OH is 2. The molecule has 2 rings (SSSR count). The van der Waals surface area contributed by atoms with Crippen molar-refractivity contribution < 1.29 is 14.9 Å². The number of para-hydroxylation sites is 1. The molecule has 5 heteroatoms. The van der Waals surface area contributed by atoms with Crippen LogP contribution in [0, 0.1) is 0 Å². The summed E-state index contributed by atoms with van der Waals surface area (Å²) in [4.78, 5) is 1.96. The number of anilines is 1. The van der Waals surface area contributed by atoms with Gasteiger partial charge in [-0.05, 0) is 36.2 Å². The van der Waals surface area contributed by atoms with E-state index in [-0.39, 0.29) is 25.6 Å². The van der Waals surface area contributed by atoms with Gasteiger partial charge < -0.3 is 19.8 Å². The van der Waals surface area contributed by atoms with Crippen LogP contribution in [-0.2, 0) is 6.42 Å². The summed E-state index contributed by atoms with van der Waals surface area (Å²) in [6, 6.07) is 17.8. The highest BCUT2D eigenvalue weighted by Crippen LogP contribution is 2.15. The van der Waals surface area contributed by atoms with Crippen molar-refractivity contribution in [3.05, 3.63) is 60.2 Å². The normalized spacial score (nSPS) is 11.5. The second-order valence-corrected chi connectivity index (χ2v) is 5.86. The van der Waals surface area contributed by atoms with Crippen LogP contribution in [0.3, 0.4) is 0 Å². The van der Waals surface area contributed by atoms with Crippen molar-refractivity contribution in [2.24, 2.45) is 0 Å². The minimum absolute atomic E-state index is 0. The van der Waals surface area contributed by atoms with E-state index in [4.69, 9.17) is 4.74 Å². The molecule has 0 heterocycles. The fourth-order valence-electron chi connectivity index (χ4n) is 2.63. The smallest absolute Gasteiger partial charge is 0.119 e. The first kappa shape index (κ1) is 21.3. The summed E-state index contributed by atoms with van der Waals surface area (Å²) in [6.07, 6.45) is 1.56. The van der Waals surface area contributed by atoms with E-state index in [0.717, 1.165) is 24.3 Å². The Labute approximate surface area is 156 Å². The summed E-state index contributed by atoms with van der Waals surface area (Å²) in [5.74, 6) is 0.766. The van der Waals surface area contributed by atoms with Crippen molar-refractivity contribution in [3.63, 3.8) is 0 Å². The summed E-state index contributed by atoms with van der Waals surface area (Å²) < 4.78 is 5.68. The number of hydrogen-bond acceptors (Lipinski definition) is 4. The fourth-order valence-corrected chi connectivity index (χ4v) is 2.63. The number of benzene rings is 2. The Morgan fingerprint density at radius 2 is 1.72 bits per heavy atom. The number of rotatable bonds is 10. The maximum atomic E-state index is 10.3. The molecule has 0 radical (unpaired) electrons. The first-order chi connectivity index (χ1) is 11.7. The quantitative estimate of drug-likeness (QED) is 0.678. The van der Waals surface area contributed by atoms with Gasteiger partial charge in [0, 0.05) is 18.8 Å². The molecular formula is C20H28ClNO3. The monoisotopic (exact) mass is 365 g/mol. The molecule has 0 fully saturated rings. The highest BCUT2D eigenvalue weighted by molar-refractivity contribution is 5.85. The zero-order valence-electron chi connectivity index (χ0n) is 14.7. The Balaban J connectivity index is 0.00000312. The summed E-state index contributed by atoms with van der Waals surface area (Å²) in [7, 11) is 0. The first-order valence-electron chi connectivity index (χ1n) is 8.53. The SMILES string of the molecule is CCCc1ccc(OCC(O)CN(CCO)c2ccccc2)cc1.Cl. The molecule has 0 aromatic heterocycles. The lowest BCUT2D eigenvalue weighted by atomic mass is 10.1. The molecule has 2 N–H and O–H groups in total. The molecule has 0 saturated carbocycles. The van der Waals surface area contributed by atoms with E-state index < -0.39 is 6.10 Å². The number of ether oxygens (including phenoxy) is 1. The molecule has 1 unspecified atom stereocenters. The van der Waals surface area contributed by atoms with Gasteiger partial charge in [-0.1, -0.05) is 43.7 Å². The fraction of sp³-hybridized carbons (Fsp3) is 0.400. The second kappa shape index (κ2) is 11.7.